The molecule has 9 N–H and O–H groups in total. The lowest BCUT2D eigenvalue weighted by Crippen LogP contribution is -2.19. The van der Waals surface area contributed by atoms with Gasteiger partial charge in [-0.1, -0.05) is 0 Å². The number of sulfone groups is 1. The number of aromatic carboxylic acids is 1. The van der Waals surface area contributed by atoms with Crippen LogP contribution >= 0.6 is 11.6 Å². The average molecular weight is 852 g/mol. The van der Waals surface area contributed by atoms with Crippen LogP contribution in [0.2, 0.25) is 5.28 Å². The molecule has 4 rings (SSSR count). The van der Waals surface area contributed by atoms with E-state index in [1.54, 1.807) is 0 Å². The van der Waals surface area contributed by atoms with E-state index in [0.29, 0.717) is 6.07 Å². The molecular formula is C25H22ClN9O15S4. The number of carbonyl (C=O) groups is 2. The molecule has 0 aliphatic rings. The Hall–Kier alpha value is -5.46. The first-order valence-electron chi connectivity index (χ1n) is 13.8. The first-order chi connectivity index (χ1) is 24.9. The number of nitrogens with zero attached hydrogens (tertiary/aromatic N) is 5. The Morgan fingerprint density at radius 2 is 1.37 bits per heavy atom. The van der Waals surface area contributed by atoms with Gasteiger partial charge in [0.05, 0.1) is 39.1 Å². The monoisotopic (exact) mass is 851 g/mol. The predicted octanol–water partition coefficient (Wildman–Crippen LogP) is 2.70. The van der Waals surface area contributed by atoms with Crippen molar-refractivity contribution in [3.63, 3.8) is 0 Å². The van der Waals surface area contributed by atoms with Crippen LogP contribution in [-0.2, 0) is 44.7 Å². The van der Waals surface area contributed by atoms with E-state index in [4.69, 9.17) is 21.9 Å². The van der Waals surface area contributed by atoms with Crippen molar-refractivity contribution >= 4 is 104 Å². The zero-order valence-electron chi connectivity index (χ0n) is 26.2. The van der Waals surface area contributed by atoms with E-state index in [9.17, 15) is 57.5 Å². The van der Waals surface area contributed by atoms with Gasteiger partial charge in [0, 0.05) is 5.69 Å². The second-order valence-corrected chi connectivity index (χ2v) is 16.4. The highest BCUT2D eigenvalue weighted by molar-refractivity contribution is 7.91. The molecule has 3 aromatic carbocycles. The lowest BCUT2D eigenvalue weighted by molar-refractivity contribution is 0.0697. The molecule has 0 atom stereocenters. The average Bonchev–Trinajstić information content (AvgIpc) is 3.02. The SMILES string of the molecule is NC(=O)Nc1cc(Nc2nc(Cl)nc(Nc3cc(S(=O)(=O)O)ccc3C(=O)O)n2)ccc1/N=N/c1ccc(S(=O)(=O)CCOS(=O)(=O)O)cc1S(=O)(=O)O. The maximum absolute atomic E-state index is 12.6. The standard InChI is InChI=1S/C25H22ClN9O15S4/c26-22-31-24(33-25(32-22)30-18-10-14(52(41,42)43)2-4-15(18)21(36)37)28-12-1-5-16(19(9-12)29-23(27)38)34-35-17-6-3-13(11-20(17)53(44,45)46)51(39,40)8-7-50-54(47,48)49/h1-6,9-11H,7-8H2,(H,36,37)(H3,27,29,38)(H,41,42,43)(H,44,45,46)(H,47,48,49)(H2,28,30,31,32,33)/b35-34+. The fraction of sp³-hybridized carbons (Fsp3) is 0.0800. The Morgan fingerprint density at radius 1 is 0.759 bits per heavy atom. The summed E-state index contributed by atoms with van der Waals surface area (Å²) in [5.41, 5.74) is 3.62. The van der Waals surface area contributed by atoms with Crippen LogP contribution in [0.1, 0.15) is 10.4 Å². The number of azo groups is 1. The highest BCUT2D eigenvalue weighted by Crippen LogP contribution is 2.34. The minimum Gasteiger partial charge on any atom is -0.478 e. The van der Waals surface area contributed by atoms with Gasteiger partial charge in [0.2, 0.25) is 17.2 Å². The topological polar surface area (TPSA) is 386 Å². The number of urea groups is 1. The van der Waals surface area contributed by atoms with E-state index in [1.165, 1.54) is 18.2 Å². The van der Waals surface area contributed by atoms with Crippen molar-refractivity contribution in [2.24, 2.45) is 16.0 Å². The molecule has 2 amide bonds. The Balaban J connectivity index is 1.65. The van der Waals surface area contributed by atoms with Gasteiger partial charge in [-0.25, -0.2) is 22.2 Å². The van der Waals surface area contributed by atoms with Crippen molar-refractivity contribution in [2.45, 2.75) is 14.7 Å². The molecular weight excluding hydrogens is 830 g/mol. The summed E-state index contributed by atoms with van der Waals surface area (Å²) in [6.45, 7) is -1.02. The fourth-order valence-electron chi connectivity index (χ4n) is 4.07. The summed E-state index contributed by atoms with van der Waals surface area (Å²) in [6.07, 6.45) is 0. The number of nitrogens with one attached hydrogen (secondary N) is 3. The number of carbonyl (C=O) groups excluding carboxylic acids is 1. The van der Waals surface area contributed by atoms with Gasteiger partial charge in [0.25, 0.3) is 20.2 Å². The number of nitrogens with two attached hydrogens (primary N) is 1. The number of carboxylic acids is 1. The first kappa shape index (κ1) is 41.3. The molecule has 0 bridgehead atoms. The molecule has 0 unspecified atom stereocenters. The highest BCUT2D eigenvalue weighted by Gasteiger charge is 2.23. The number of halogens is 1. The number of amides is 2. The maximum atomic E-state index is 12.6. The van der Waals surface area contributed by atoms with E-state index < -0.39 is 102 Å². The van der Waals surface area contributed by atoms with Crippen molar-refractivity contribution in [3.05, 3.63) is 65.4 Å². The smallest absolute Gasteiger partial charge is 0.397 e. The lowest BCUT2D eigenvalue weighted by Gasteiger charge is -2.12. The summed E-state index contributed by atoms with van der Waals surface area (Å²) in [5, 5.41) is 24.1. The van der Waals surface area contributed by atoms with Gasteiger partial charge in [0.15, 0.2) is 9.84 Å². The summed E-state index contributed by atoms with van der Waals surface area (Å²) >= 11 is 6.01. The van der Waals surface area contributed by atoms with Crippen molar-refractivity contribution in [1.82, 2.24) is 15.0 Å². The molecule has 4 aromatic rings. The number of primary amides is 1. The highest BCUT2D eigenvalue weighted by atomic mass is 35.5. The van der Waals surface area contributed by atoms with Crippen molar-refractivity contribution in [1.29, 1.82) is 0 Å². The minimum atomic E-state index is -5.16. The minimum absolute atomic E-state index is 0.0941. The number of hydrogen-bond donors (Lipinski definition) is 8. The van der Waals surface area contributed by atoms with Gasteiger partial charge in [-0.05, 0) is 66.2 Å². The molecule has 0 spiro atoms. The summed E-state index contributed by atoms with van der Waals surface area (Å²) in [6, 6.07) is 7.39. The lowest BCUT2D eigenvalue weighted by atomic mass is 10.2. The van der Waals surface area contributed by atoms with Crippen LogP contribution in [0.15, 0.2) is 79.5 Å². The molecule has 29 heteroatoms. The molecule has 1 heterocycles. The van der Waals surface area contributed by atoms with Gasteiger partial charge in [-0.3, -0.25) is 13.7 Å². The van der Waals surface area contributed by atoms with Crippen molar-refractivity contribution in [3.8, 4) is 0 Å². The zero-order valence-corrected chi connectivity index (χ0v) is 30.2. The second-order valence-electron chi connectivity index (χ2n) is 10.1. The van der Waals surface area contributed by atoms with Gasteiger partial charge >= 0.3 is 22.4 Å². The van der Waals surface area contributed by atoms with Crippen LogP contribution in [0, 0.1) is 0 Å². The third kappa shape index (κ3) is 11.3. The zero-order chi connectivity index (χ0) is 40.2. The number of aromatic nitrogens is 3. The number of benzene rings is 3. The number of rotatable bonds is 15. The Kier molecular flexibility index (Phi) is 12.1. The summed E-state index contributed by atoms with van der Waals surface area (Å²) in [5.74, 6) is -3.19. The summed E-state index contributed by atoms with van der Waals surface area (Å²) in [4.78, 5) is 32.8. The van der Waals surface area contributed by atoms with E-state index in [2.05, 4.69) is 45.3 Å². The van der Waals surface area contributed by atoms with E-state index in [1.807, 2.05) is 0 Å². The molecule has 0 saturated heterocycles. The summed E-state index contributed by atoms with van der Waals surface area (Å²) in [7, 11) is -19.3. The Labute approximate surface area is 308 Å². The van der Waals surface area contributed by atoms with E-state index in [-0.39, 0.29) is 28.7 Å². The molecule has 0 aliphatic carbocycles. The van der Waals surface area contributed by atoms with E-state index >= 15 is 0 Å². The number of carboxylic acid groups (broad SMARTS) is 1. The van der Waals surface area contributed by atoms with Crippen LogP contribution in [0.4, 0.5) is 45.1 Å². The number of hydrogen-bond acceptors (Lipinski definition) is 18. The third-order valence-corrected chi connectivity index (χ3v) is 10.3. The molecule has 0 aliphatic heterocycles. The first-order valence-corrected chi connectivity index (χ1v) is 20.1. The van der Waals surface area contributed by atoms with Crippen LogP contribution in [0.5, 0.6) is 0 Å². The van der Waals surface area contributed by atoms with Crippen LogP contribution in [0.3, 0.4) is 0 Å². The molecule has 0 fully saturated rings. The van der Waals surface area contributed by atoms with Crippen molar-refractivity contribution < 1.29 is 66.2 Å². The second kappa shape index (κ2) is 15.9. The molecule has 54 heavy (non-hydrogen) atoms. The third-order valence-electron chi connectivity index (χ3n) is 6.30. The summed E-state index contributed by atoms with van der Waals surface area (Å²) < 4.78 is 126. The molecule has 1 aromatic heterocycles. The van der Waals surface area contributed by atoms with Crippen molar-refractivity contribution in [2.75, 3.05) is 28.3 Å². The Morgan fingerprint density at radius 3 is 1.96 bits per heavy atom. The molecule has 0 saturated carbocycles. The maximum Gasteiger partial charge on any atom is 0.397 e. The van der Waals surface area contributed by atoms with Crippen LogP contribution in [0.25, 0.3) is 0 Å². The normalized spacial score (nSPS) is 12.4. The number of anilines is 5. The van der Waals surface area contributed by atoms with Gasteiger partial charge in [0.1, 0.15) is 16.3 Å². The van der Waals surface area contributed by atoms with Gasteiger partial charge < -0.3 is 26.8 Å². The molecule has 0 radical (unpaired) electrons. The quantitative estimate of drug-likeness (QED) is 0.0629. The van der Waals surface area contributed by atoms with Gasteiger partial charge in [-0.2, -0.15) is 40.2 Å². The van der Waals surface area contributed by atoms with Crippen LogP contribution < -0.4 is 21.7 Å². The molecule has 288 valence electrons. The Bertz CT molecular complexity index is 2640. The largest absolute Gasteiger partial charge is 0.478 e. The molecule has 24 nitrogen and oxygen atoms in total. The fourth-order valence-corrected chi connectivity index (χ4v) is 6.97. The predicted molar refractivity (Wildman–Crippen MR) is 184 cm³/mol. The van der Waals surface area contributed by atoms with Gasteiger partial charge in [-0.15, -0.1) is 10.2 Å². The van der Waals surface area contributed by atoms with Crippen LogP contribution in [-0.4, -0.2) is 91.7 Å². The van der Waals surface area contributed by atoms with E-state index in [0.717, 1.165) is 30.3 Å².